The molecule has 0 saturated carbocycles. The van der Waals surface area contributed by atoms with Gasteiger partial charge in [-0.15, -0.1) is 5.10 Å². The fourth-order valence-electron chi connectivity index (χ4n) is 5.38. The molecule has 11 nitrogen and oxygen atoms in total. The Kier molecular flexibility index (Phi) is 10.1. The number of fused-ring (bicyclic) bond motifs is 1. The zero-order chi connectivity index (χ0) is 34.0. The summed E-state index contributed by atoms with van der Waals surface area (Å²) >= 11 is 1.21. The van der Waals surface area contributed by atoms with E-state index < -0.39 is 65.1 Å². The summed E-state index contributed by atoms with van der Waals surface area (Å²) in [6.45, 7) is 3.22. The summed E-state index contributed by atoms with van der Waals surface area (Å²) in [7, 11) is 3.89. The fraction of sp³-hybridized carbons (Fsp3) is 0.344. The van der Waals surface area contributed by atoms with Gasteiger partial charge in [0.1, 0.15) is 29.9 Å². The number of aromatic nitrogens is 3. The zero-order valence-corrected chi connectivity index (χ0v) is 26.8. The number of carbonyl (C=O) groups excluding carboxylic acids is 3. The molecule has 0 amide bonds. The molecule has 5 rings (SSSR count). The fourth-order valence-corrected chi connectivity index (χ4v) is 6.54. The van der Waals surface area contributed by atoms with E-state index in [1.54, 1.807) is 0 Å². The molecule has 0 radical (unpaired) electrons. The Labute approximate surface area is 271 Å². The van der Waals surface area contributed by atoms with Crippen LogP contribution in [0.25, 0.3) is 22.0 Å². The minimum atomic E-state index is -1.64. The van der Waals surface area contributed by atoms with Crippen molar-refractivity contribution in [1.29, 1.82) is 0 Å². The van der Waals surface area contributed by atoms with Gasteiger partial charge in [0.2, 0.25) is 0 Å². The summed E-state index contributed by atoms with van der Waals surface area (Å²) < 4.78 is 66.1. The van der Waals surface area contributed by atoms with Crippen molar-refractivity contribution in [1.82, 2.24) is 15.0 Å². The van der Waals surface area contributed by atoms with Crippen LogP contribution in [0, 0.1) is 17.5 Å². The predicted molar refractivity (Wildman–Crippen MR) is 165 cm³/mol. The van der Waals surface area contributed by atoms with Gasteiger partial charge in [-0.3, -0.25) is 14.4 Å². The van der Waals surface area contributed by atoms with Crippen LogP contribution in [-0.2, 0) is 33.3 Å². The molecule has 1 fully saturated rings. The van der Waals surface area contributed by atoms with E-state index in [1.165, 1.54) is 36.5 Å². The lowest BCUT2D eigenvalue weighted by atomic mass is 9.96. The number of hydrogen-bond acceptors (Lipinski definition) is 11. The largest absolute Gasteiger partial charge is 0.463 e. The summed E-state index contributed by atoms with van der Waals surface area (Å²) in [5.41, 5.74) is -0.133. The second-order valence-corrected chi connectivity index (χ2v) is 12.2. The van der Waals surface area contributed by atoms with Crippen LogP contribution in [0.5, 0.6) is 0 Å². The van der Waals surface area contributed by atoms with E-state index >= 15 is 0 Å². The second-order valence-electron chi connectivity index (χ2n) is 11.0. The highest BCUT2D eigenvalue weighted by Gasteiger charge is 2.52. The van der Waals surface area contributed by atoms with Gasteiger partial charge in [0.15, 0.2) is 29.7 Å². The number of thioether (sulfide) groups is 1. The monoisotopic (exact) mass is 672 g/mol. The lowest BCUT2D eigenvalue weighted by molar-refractivity contribution is -0.212. The lowest BCUT2D eigenvalue weighted by Crippen LogP contribution is -2.57. The number of esters is 3. The highest BCUT2D eigenvalue weighted by Crippen LogP contribution is 2.42. The molecule has 3 aromatic carbocycles. The van der Waals surface area contributed by atoms with Gasteiger partial charge in [0, 0.05) is 56.4 Å². The van der Waals surface area contributed by atoms with Crippen molar-refractivity contribution in [2.75, 3.05) is 25.6 Å². The average molecular weight is 673 g/mol. The summed E-state index contributed by atoms with van der Waals surface area (Å²) in [5, 5.41) is 10.1. The molecule has 0 N–H and O–H groups in total. The molecule has 2 unspecified atom stereocenters. The minimum absolute atomic E-state index is 0.0515. The molecule has 1 aliphatic rings. The number of hydrogen-bond donors (Lipinski definition) is 0. The zero-order valence-electron chi connectivity index (χ0n) is 26.0. The Morgan fingerprint density at radius 2 is 1.62 bits per heavy atom. The molecule has 1 aliphatic heterocycles. The maximum Gasteiger partial charge on any atom is 0.303 e. The Hall–Kier alpha value is -4.63. The van der Waals surface area contributed by atoms with Gasteiger partial charge in [0.05, 0.1) is 6.20 Å². The SMILES string of the molecule is CC(=O)OCC1O[C@H](Sc2ccc3c(N(C)C)cccc3c2)C(OC(C)=O)[C@@H](n2cc(-c3cc(F)c(F)c(F)c3)nn2)[C@H]1OC(C)=O. The van der Waals surface area contributed by atoms with Crippen molar-refractivity contribution in [2.24, 2.45) is 0 Å². The first-order valence-electron chi connectivity index (χ1n) is 14.4. The minimum Gasteiger partial charge on any atom is -0.463 e. The standard InChI is InChI=1S/C32H31F3N4O7S/c1-16(40)43-15-27-30(44-17(2)41)29(39-14-25(36-37-39)20-12-23(33)28(35)24(34)13-20)31(45-18(3)42)32(46-27)47-21-9-10-22-19(11-21)7-6-8-26(22)38(4)5/h6-14,27,29-32H,15H2,1-5H3/t27?,29-,30-,31?,32+/m0/s1. The van der Waals surface area contributed by atoms with Crippen LogP contribution in [-0.4, -0.2) is 77.4 Å². The van der Waals surface area contributed by atoms with E-state index in [1.807, 2.05) is 55.4 Å². The molecular formula is C32H31F3N4O7S. The summed E-state index contributed by atoms with van der Waals surface area (Å²) in [5.74, 6) is -6.53. The highest BCUT2D eigenvalue weighted by atomic mass is 32.2. The smallest absolute Gasteiger partial charge is 0.303 e. The van der Waals surface area contributed by atoms with Gasteiger partial charge < -0.3 is 23.8 Å². The third kappa shape index (κ3) is 7.52. The van der Waals surface area contributed by atoms with Crippen molar-refractivity contribution in [3.05, 3.63) is 72.2 Å². The molecule has 15 heteroatoms. The lowest BCUT2D eigenvalue weighted by Gasteiger charge is -2.44. The molecule has 0 spiro atoms. The Morgan fingerprint density at radius 3 is 2.26 bits per heavy atom. The van der Waals surface area contributed by atoms with E-state index in [9.17, 15) is 27.6 Å². The molecule has 2 heterocycles. The maximum atomic E-state index is 14.1. The molecule has 47 heavy (non-hydrogen) atoms. The molecule has 0 aliphatic carbocycles. The Morgan fingerprint density at radius 1 is 0.936 bits per heavy atom. The van der Waals surface area contributed by atoms with Crippen LogP contribution in [0.3, 0.4) is 0 Å². The number of benzene rings is 3. The van der Waals surface area contributed by atoms with Crippen molar-refractivity contribution in [3.8, 4) is 11.3 Å². The van der Waals surface area contributed by atoms with Crippen LogP contribution >= 0.6 is 11.8 Å². The van der Waals surface area contributed by atoms with E-state index in [0.29, 0.717) is 0 Å². The third-order valence-electron chi connectivity index (χ3n) is 7.33. The molecular weight excluding hydrogens is 641 g/mol. The van der Waals surface area contributed by atoms with Gasteiger partial charge in [-0.1, -0.05) is 35.2 Å². The Bertz CT molecular complexity index is 1800. The van der Waals surface area contributed by atoms with Crippen LogP contribution in [0.2, 0.25) is 0 Å². The number of nitrogens with zero attached hydrogens (tertiary/aromatic N) is 4. The first-order valence-corrected chi connectivity index (χ1v) is 15.3. The van der Waals surface area contributed by atoms with E-state index in [-0.39, 0.29) is 17.9 Å². The highest BCUT2D eigenvalue weighted by molar-refractivity contribution is 7.99. The van der Waals surface area contributed by atoms with Crippen molar-refractivity contribution >= 4 is 46.1 Å². The van der Waals surface area contributed by atoms with Crippen LogP contribution in [0.1, 0.15) is 26.8 Å². The van der Waals surface area contributed by atoms with Crippen molar-refractivity contribution in [2.45, 2.75) is 55.5 Å². The van der Waals surface area contributed by atoms with Crippen molar-refractivity contribution < 1.29 is 46.5 Å². The normalized spacial score (nSPS) is 20.9. The quantitative estimate of drug-likeness (QED) is 0.135. The Balaban J connectivity index is 1.59. The number of carbonyl (C=O) groups is 3. The molecule has 1 aromatic heterocycles. The number of halogens is 3. The molecule has 1 saturated heterocycles. The first-order chi connectivity index (χ1) is 22.3. The second kappa shape index (κ2) is 14.0. The van der Waals surface area contributed by atoms with Gasteiger partial charge >= 0.3 is 17.9 Å². The van der Waals surface area contributed by atoms with Gasteiger partial charge in [0.25, 0.3) is 0 Å². The van der Waals surface area contributed by atoms with Gasteiger partial charge in [-0.2, -0.15) is 0 Å². The van der Waals surface area contributed by atoms with E-state index in [0.717, 1.165) is 40.4 Å². The third-order valence-corrected chi connectivity index (χ3v) is 8.47. The summed E-state index contributed by atoms with van der Waals surface area (Å²) in [6, 6.07) is 12.1. The average Bonchev–Trinajstić information content (AvgIpc) is 3.49. The van der Waals surface area contributed by atoms with Crippen LogP contribution < -0.4 is 4.90 Å². The number of anilines is 1. The molecule has 4 aromatic rings. The number of ether oxygens (including phenoxy) is 4. The summed E-state index contributed by atoms with van der Waals surface area (Å²) in [4.78, 5) is 39.4. The first kappa shape index (κ1) is 33.7. The predicted octanol–water partition coefficient (Wildman–Crippen LogP) is 5.07. The van der Waals surface area contributed by atoms with Gasteiger partial charge in [-0.05, 0) is 35.7 Å². The summed E-state index contributed by atoms with van der Waals surface area (Å²) in [6.07, 6.45) is -2.22. The molecule has 5 atom stereocenters. The molecule has 0 bridgehead atoms. The van der Waals surface area contributed by atoms with E-state index in [4.69, 9.17) is 18.9 Å². The van der Waals surface area contributed by atoms with Crippen LogP contribution in [0.15, 0.2) is 59.6 Å². The maximum absolute atomic E-state index is 14.1. The molecule has 248 valence electrons. The number of rotatable bonds is 9. The van der Waals surface area contributed by atoms with Crippen molar-refractivity contribution in [3.63, 3.8) is 0 Å². The van der Waals surface area contributed by atoms with Gasteiger partial charge in [-0.25, -0.2) is 17.9 Å². The van der Waals surface area contributed by atoms with E-state index in [2.05, 4.69) is 10.3 Å². The topological polar surface area (TPSA) is 122 Å². The van der Waals surface area contributed by atoms with Crippen LogP contribution in [0.4, 0.5) is 18.9 Å².